The molecule has 0 atom stereocenters. The fourth-order valence-electron chi connectivity index (χ4n) is 1.66. The average molecular weight is 276 g/mol. The Morgan fingerprint density at radius 2 is 2.25 bits per heavy atom. The Hall–Kier alpha value is -2.77. The summed E-state index contributed by atoms with van der Waals surface area (Å²) < 4.78 is 6.06. The maximum atomic E-state index is 11.2. The van der Waals surface area contributed by atoms with Crippen LogP contribution in [0.5, 0.6) is 0 Å². The fraction of sp³-hybridized carbons (Fsp3) is 0.250. The molecule has 2 heterocycles. The number of methoxy groups -OCH3 is 1. The predicted molar refractivity (Wildman–Crippen MR) is 68.3 cm³/mol. The van der Waals surface area contributed by atoms with E-state index >= 15 is 0 Å². The van der Waals surface area contributed by atoms with E-state index in [2.05, 4.69) is 14.8 Å². The number of aryl methyl sites for hydroxylation is 1. The number of carbonyl (C=O) groups is 1. The number of nitrogens with zero attached hydrogens (tertiary/aromatic N) is 4. The van der Waals surface area contributed by atoms with Crippen LogP contribution < -0.4 is 0 Å². The zero-order chi connectivity index (χ0) is 14.7. The summed E-state index contributed by atoms with van der Waals surface area (Å²) in [5, 5.41) is 14.5. The van der Waals surface area contributed by atoms with Crippen molar-refractivity contribution >= 4 is 11.8 Å². The minimum absolute atomic E-state index is 0.193. The van der Waals surface area contributed by atoms with E-state index in [1.807, 2.05) is 0 Å². The first kappa shape index (κ1) is 13.7. The van der Waals surface area contributed by atoms with Crippen LogP contribution in [0.2, 0.25) is 0 Å². The highest BCUT2D eigenvalue weighted by Crippen LogP contribution is 2.13. The van der Waals surface area contributed by atoms with Gasteiger partial charge in [0, 0.05) is 6.20 Å². The van der Waals surface area contributed by atoms with Gasteiger partial charge in [-0.05, 0) is 23.5 Å². The number of nitro groups is 1. The van der Waals surface area contributed by atoms with Crippen molar-refractivity contribution in [3.05, 3.63) is 51.5 Å². The van der Waals surface area contributed by atoms with E-state index in [9.17, 15) is 14.9 Å². The molecule has 104 valence electrons. The van der Waals surface area contributed by atoms with E-state index in [0.717, 1.165) is 5.56 Å². The lowest BCUT2D eigenvalue weighted by atomic mass is 10.2. The van der Waals surface area contributed by atoms with Gasteiger partial charge in [0.05, 0.1) is 30.5 Å². The smallest absolute Gasteiger partial charge is 0.390 e. The van der Waals surface area contributed by atoms with Crippen LogP contribution in [0.3, 0.4) is 0 Å². The molecule has 2 aromatic heterocycles. The van der Waals surface area contributed by atoms with E-state index in [4.69, 9.17) is 0 Å². The molecule has 0 aromatic carbocycles. The molecule has 0 fully saturated rings. The first-order valence-corrected chi connectivity index (χ1v) is 5.73. The van der Waals surface area contributed by atoms with Gasteiger partial charge in [-0.25, -0.2) is 9.78 Å². The quantitative estimate of drug-likeness (QED) is 0.474. The summed E-state index contributed by atoms with van der Waals surface area (Å²) in [6, 6.07) is 4.64. The Balaban J connectivity index is 2.18. The van der Waals surface area contributed by atoms with Crippen molar-refractivity contribution in [3.8, 4) is 0 Å². The summed E-state index contributed by atoms with van der Waals surface area (Å²) in [5.41, 5.74) is 1.66. The maximum absolute atomic E-state index is 11.2. The topological polar surface area (TPSA) is 100 Å². The summed E-state index contributed by atoms with van der Waals surface area (Å²) in [6.45, 7) is 2.07. The van der Waals surface area contributed by atoms with E-state index in [-0.39, 0.29) is 11.5 Å². The number of carbonyl (C=O) groups excluding carboxylic acids is 1. The minimum atomic E-state index is -0.540. The molecule has 2 aromatic rings. The highest BCUT2D eigenvalue weighted by molar-refractivity contribution is 5.86. The van der Waals surface area contributed by atoms with Gasteiger partial charge in [-0.15, -0.1) is 0 Å². The zero-order valence-corrected chi connectivity index (χ0v) is 10.9. The molecule has 0 bridgehead atoms. The standard InChI is InChI=1S/C12H12N4O4/c1-8-5-11(16(18)19)14-15(8)7-9-3-4-10(13-6-9)12(17)20-2/h3-6H,7H2,1-2H3. The SMILES string of the molecule is COC(=O)c1ccc(Cn2nc([N+](=O)[O-])cc2C)cn1. The van der Waals surface area contributed by atoms with Gasteiger partial charge in [-0.1, -0.05) is 6.07 Å². The average Bonchev–Trinajstić information content (AvgIpc) is 2.80. The van der Waals surface area contributed by atoms with Crippen LogP contribution in [0, 0.1) is 17.0 Å². The van der Waals surface area contributed by atoms with E-state index in [0.29, 0.717) is 12.2 Å². The number of aromatic nitrogens is 3. The molecular formula is C12H12N4O4. The molecule has 8 heteroatoms. The molecule has 0 saturated carbocycles. The molecule has 0 spiro atoms. The molecular weight excluding hydrogens is 264 g/mol. The van der Waals surface area contributed by atoms with E-state index in [1.165, 1.54) is 30.1 Å². The number of hydrogen-bond donors (Lipinski definition) is 0. The molecule has 20 heavy (non-hydrogen) atoms. The second-order valence-corrected chi connectivity index (χ2v) is 4.10. The number of ether oxygens (including phenoxy) is 1. The second-order valence-electron chi connectivity index (χ2n) is 4.10. The van der Waals surface area contributed by atoms with E-state index in [1.54, 1.807) is 13.0 Å². The maximum Gasteiger partial charge on any atom is 0.390 e. The molecule has 0 unspecified atom stereocenters. The van der Waals surface area contributed by atoms with Crippen molar-refractivity contribution in [2.24, 2.45) is 0 Å². The van der Waals surface area contributed by atoms with E-state index < -0.39 is 10.9 Å². The van der Waals surface area contributed by atoms with Crippen molar-refractivity contribution in [2.45, 2.75) is 13.5 Å². The Morgan fingerprint density at radius 3 is 2.75 bits per heavy atom. The summed E-state index contributed by atoms with van der Waals surface area (Å²) >= 11 is 0. The summed E-state index contributed by atoms with van der Waals surface area (Å²) in [7, 11) is 1.28. The Bertz CT molecular complexity index is 648. The molecule has 0 aliphatic rings. The van der Waals surface area contributed by atoms with Crippen LogP contribution >= 0.6 is 0 Å². The van der Waals surface area contributed by atoms with Gasteiger partial charge in [0.1, 0.15) is 5.69 Å². The zero-order valence-electron chi connectivity index (χ0n) is 10.9. The predicted octanol–water partition coefficient (Wildman–Crippen LogP) is 1.33. The van der Waals surface area contributed by atoms with Gasteiger partial charge < -0.3 is 14.9 Å². The Labute approximate surface area is 114 Å². The first-order chi connectivity index (χ1) is 9.51. The summed E-state index contributed by atoms with van der Waals surface area (Å²) in [4.78, 5) is 25.3. The lowest BCUT2D eigenvalue weighted by molar-refractivity contribution is -0.389. The molecule has 0 N–H and O–H groups in total. The van der Waals surface area contributed by atoms with Crippen LogP contribution in [-0.4, -0.2) is 32.8 Å². The van der Waals surface area contributed by atoms with Crippen molar-refractivity contribution in [1.82, 2.24) is 14.8 Å². The van der Waals surface area contributed by atoms with Crippen molar-refractivity contribution in [1.29, 1.82) is 0 Å². The summed E-state index contributed by atoms with van der Waals surface area (Å²) in [5.74, 6) is -0.705. The Morgan fingerprint density at radius 1 is 1.50 bits per heavy atom. The largest absolute Gasteiger partial charge is 0.464 e. The molecule has 0 aliphatic heterocycles. The fourth-order valence-corrected chi connectivity index (χ4v) is 1.66. The normalized spacial score (nSPS) is 10.3. The van der Waals surface area contributed by atoms with Gasteiger partial charge in [0.25, 0.3) is 0 Å². The van der Waals surface area contributed by atoms with Gasteiger partial charge in [0.15, 0.2) is 0 Å². The highest BCUT2D eigenvalue weighted by atomic mass is 16.6. The lowest BCUT2D eigenvalue weighted by Gasteiger charge is -2.02. The minimum Gasteiger partial charge on any atom is -0.464 e. The van der Waals surface area contributed by atoms with Gasteiger partial charge in [-0.3, -0.25) is 0 Å². The first-order valence-electron chi connectivity index (χ1n) is 5.73. The molecule has 0 radical (unpaired) electrons. The third-order valence-corrected chi connectivity index (χ3v) is 2.71. The second kappa shape index (κ2) is 5.47. The number of pyridine rings is 1. The molecule has 0 amide bonds. The number of esters is 1. The van der Waals surface area contributed by atoms with Crippen molar-refractivity contribution in [3.63, 3.8) is 0 Å². The molecule has 0 aliphatic carbocycles. The monoisotopic (exact) mass is 276 g/mol. The molecule has 2 rings (SSSR count). The summed E-state index contributed by atoms with van der Waals surface area (Å²) in [6.07, 6.45) is 1.51. The van der Waals surface area contributed by atoms with Crippen LogP contribution in [0.25, 0.3) is 0 Å². The lowest BCUT2D eigenvalue weighted by Crippen LogP contribution is -2.07. The van der Waals surface area contributed by atoms with Crippen LogP contribution in [0.15, 0.2) is 24.4 Å². The van der Waals surface area contributed by atoms with Crippen molar-refractivity contribution < 1.29 is 14.5 Å². The third-order valence-electron chi connectivity index (χ3n) is 2.71. The molecule has 8 nitrogen and oxygen atoms in total. The van der Waals surface area contributed by atoms with Crippen molar-refractivity contribution in [2.75, 3.05) is 7.11 Å². The number of rotatable bonds is 4. The third kappa shape index (κ3) is 2.79. The van der Waals surface area contributed by atoms with Crippen LogP contribution in [-0.2, 0) is 11.3 Å². The van der Waals surface area contributed by atoms with Gasteiger partial charge in [0.2, 0.25) is 0 Å². The van der Waals surface area contributed by atoms with Crippen LogP contribution in [0.4, 0.5) is 5.82 Å². The number of hydrogen-bond acceptors (Lipinski definition) is 6. The molecule has 0 saturated heterocycles. The van der Waals surface area contributed by atoms with Gasteiger partial charge >= 0.3 is 11.8 Å². The van der Waals surface area contributed by atoms with Crippen LogP contribution in [0.1, 0.15) is 21.7 Å². The van der Waals surface area contributed by atoms with Gasteiger partial charge in [-0.2, -0.15) is 4.68 Å². The Kier molecular flexibility index (Phi) is 3.74. The highest BCUT2D eigenvalue weighted by Gasteiger charge is 2.15.